The van der Waals surface area contributed by atoms with Crippen LogP contribution in [0.1, 0.15) is 44.8 Å². The van der Waals surface area contributed by atoms with Crippen LogP contribution < -0.4 is 14.8 Å². The third-order valence-electron chi connectivity index (χ3n) is 5.69. The molecule has 12 heteroatoms. The van der Waals surface area contributed by atoms with Gasteiger partial charge in [-0.3, -0.25) is 4.79 Å². The van der Waals surface area contributed by atoms with Gasteiger partial charge in [0.1, 0.15) is 16.7 Å². The molecule has 0 bridgehead atoms. The molecule has 1 unspecified atom stereocenters. The van der Waals surface area contributed by atoms with Crippen molar-refractivity contribution in [3.8, 4) is 11.5 Å². The van der Waals surface area contributed by atoms with Crippen molar-refractivity contribution in [3.05, 3.63) is 69.2 Å². The van der Waals surface area contributed by atoms with Crippen LogP contribution >= 0.6 is 11.3 Å². The number of carbonyl (C=O) groups excluding carboxylic acids is 2. The SMILES string of the molecule is CCC1OC(=O)N(Cc2ccc(NC(=O)c3sc(C)nc3C)cc2)N=C1c1ccc(OC)c(OC(F)F)c1. The number of hydrogen-bond acceptors (Lipinski definition) is 8. The van der Waals surface area contributed by atoms with Crippen LogP contribution in [0.15, 0.2) is 47.6 Å². The van der Waals surface area contributed by atoms with Gasteiger partial charge in [0, 0.05) is 11.3 Å². The van der Waals surface area contributed by atoms with Crippen LogP contribution in [-0.2, 0) is 11.3 Å². The Kier molecular flexibility index (Phi) is 8.20. The molecule has 1 atom stereocenters. The van der Waals surface area contributed by atoms with Crippen molar-refractivity contribution >= 4 is 34.7 Å². The maximum absolute atomic E-state index is 12.9. The average Bonchev–Trinajstić information content (AvgIpc) is 3.23. The second kappa shape index (κ2) is 11.5. The van der Waals surface area contributed by atoms with Gasteiger partial charge in [-0.1, -0.05) is 19.1 Å². The lowest BCUT2D eigenvalue weighted by atomic mass is 10.0. The molecule has 38 heavy (non-hydrogen) atoms. The van der Waals surface area contributed by atoms with Gasteiger partial charge < -0.3 is 19.5 Å². The second-order valence-corrected chi connectivity index (χ2v) is 9.57. The number of hydrogen-bond donors (Lipinski definition) is 1. The minimum absolute atomic E-state index is 0.0939. The summed E-state index contributed by atoms with van der Waals surface area (Å²) in [5, 5.41) is 9.32. The van der Waals surface area contributed by atoms with E-state index in [1.807, 2.05) is 13.8 Å². The number of rotatable bonds is 9. The molecular weight excluding hydrogens is 518 g/mol. The standard InChI is InChI=1S/C26H26F2N4O5S/c1-5-19-22(17-8-11-20(35-4)21(12-17)36-25(27)28)31-32(26(34)37-19)13-16-6-9-18(10-7-16)30-24(33)23-14(2)29-15(3)38-23/h6-12,19,25H,5,13H2,1-4H3,(H,30,33). The first-order valence-corrected chi connectivity index (χ1v) is 12.5. The number of nitrogens with one attached hydrogen (secondary N) is 1. The first-order valence-electron chi connectivity index (χ1n) is 11.7. The third kappa shape index (κ3) is 6.08. The number of halogens is 2. The molecule has 2 heterocycles. The van der Waals surface area contributed by atoms with Crippen molar-refractivity contribution in [2.45, 2.75) is 46.5 Å². The smallest absolute Gasteiger partial charge is 0.431 e. The van der Waals surface area contributed by atoms with E-state index in [1.54, 1.807) is 37.3 Å². The first-order chi connectivity index (χ1) is 18.2. The molecule has 0 saturated carbocycles. The summed E-state index contributed by atoms with van der Waals surface area (Å²) in [6.07, 6.45) is -0.864. The minimum atomic E-state index is -3.04. The largest absolute Gasteiger partial charge is 0.493 e. The van der Waals surface area contributed by atoms with Gasteiger partial charge in [-0.2, -0.15) is 18.9 Å². The molecule has 4 rings (SSSR count). The number of amides is 2. The molecular formula is C26H26F2N4O5S. The number of ether oxygens (including phenoxy) is 3. The Labute approximate surface area is 222 Å². The summed E-state index contributed by atoms with van der Waals surface area (Å²) < 4.78 is 41.1. The van der Waals surface area contributed by atoms with Crippen molar-refractivity contribution in [3.63, 3.8) is 0 Å². The van der Waals surface area contributed by atoms with Gasteiger partial charge in [0.25, 0.3) is 5.91 Å². The van der Waals surface area contributed by atoms with Gasteiger partial charge >= 0.3 is 12.7 Å². The van der Waals surface area contributed by atoms with Crippen LogP contribution in [0.5, 0.6) is 11.5 Å². The fourth-order valence-electron chi connectivity index (χ4n) is 3.91. The highest BCUT2D eigenvalue weighted by atomic mass is 32.1. The number of aryl methyl sites for hydroxylation is 2. The summed E-state index contributed by atoms with van der Waals surface area (Å²) >= 11 is 1.33. The summed E-state index contributed by atoms with van der Waals surface area (Å²) in [6.45, 7) is 2.51. The van der Waals surface area contributed by atoms with E-state index in [-0.39, 0.29) is 24.0 Å². The lowest BCUT2D eigenvalue weighted by molar-refractivity contribution is -0.0512. The van der Waals surface area contributed by atoms with Crippen LogP contribution in [-0.4, -0.2) is 47.5 Å². The van der Waals surface area contributed by atoms with E-state index in [0.29, 0.717) is 34.0 Å². The molecule has 1 N–H and O–H groups in total. The molecule has 0 aliphatic carbocycles. The van der Waals surface area contributed by atoms with E-state index in [2.05, 4.69) is 20.1 Å². The van der Waals surface area contributed by atoms with E-state index in [0.717, 1.165) is 15.6 Å². The van der Waals surface area contributed by atoms with Gasteiger partial charge in [-0.05, 0) is 56.2 Å². The molecule has 0 spiro atoms. The molecule has 1 aliphatic heterocycles. The van der Waals surface area contributed by atoms with Gasteiger partial charge in [-0.15, -0.1) is 11.3 Å². The van der Waals surface area contributed by atoms with Crippen LogP contribution in [0.25, 0.3) is 0 Å². The van der Waals surface area contributed by atoms with Crippen LogP contribution in [0, 0.1) is 13.8 Å². The Hall–Kier alpha value is -4.06. The molecule has 0 fully saturated rings. The molecule has 200 valence electrons. The van der Waals surface area contributed by atoms with Crippen LogP contribution in [0.2, 0.25) is 0 Å². The highest BCUT2D eigenvalue weighted by Gasteiger charge is 2.31. The average molecular weight is 545 g/mol. The molecule has 3 aromatic rings. The van der Waals surface area contributed by atoms with Crippen LogP contribution in [0.4, 0.5) is 19.3 Å². The first kappa shape index (κ1) is 27.0. The number of cyclic esters (lactones) is 1. The number of alkyl halides is 2. The predicted molar refractivity (Wildman–Crippen MR) is 138 cm³/mol. The summed E-state index contributed by atoms with van der Waals surface area (Å²) in [5.41, 5.74) is 2.85. The van der Waals surface area contributed by atoms with E-state index in [4.69, 9.17) is 9.47 Å². The number of anilines is 1. The number of methoxy groups -OCH3 is 1. The highest BCUT2D eigenvalue weighted by Crippen LogP contribution is 2.31. The zero-order valence-corrected chi connectivity index (χ0v) is 22.0. The molecule has 2 amide bonds. The van der Waals surface area contributed by atoms with E-state index in [9.17, 15) is 18.4 Å². The summed E-state index contributed by atoms with van der Waals surface area (Å²) in [4.78, 5) is 30.0. The van der Waals surface area contributed by atoms with E-state index < -0.39 is 18.8 Å². The molecule has 0 saturated heterocycles. The molecule has 0 radical (unpaired) electrons. The summed E-state index contributed by atoms with van der Waals surface area (Å²) in [6, 6.07) is 11.5. The molecule has 2 aromatic carbocycles. The van der Waals surface area contributed by atoms with Crippen molar-refractivity contribution in [2.24, 2.45) is 5.10 Å². The molecule has 1 aliphatic rings. The third-order valence-corrected chi connectivity index (χ3v) is 6.76. The normalized spacial score (nSPS) is 15.2. The Morgan fingerprint density at radius 1 is 1.18 bits per heavy atom. The Bertz CT molecular complexity index is 1360. The number of hydrazone groups is 1. The van der Waals surface area contributed by atoms with Gasteiger partial charge in [0.05, 0.1) is 24.4 Å². The van der Waals surface area contributed by atoms with Crippen molar-refractivity contribution in [1.29, 1.82) is 0 Å². The van der Waals surface area contributed by atoms with Gasteiger partial charge in [0.15, 0.2) is 11.5 Å². The Morgan fingerprint density at radius 3 is 2.53 bits per heavy atom. The Morgan fingerprint density at radius 2 is 1.92 bits per heavy atom. The lowest BCUT2D eigenvalue weighted by Gasteiger charge is -2.29. The number of benzene rings is 2. The molecule has 1 aromatic heterocycles. The van der Waals surface area contributed by atoms with Gasteiger partial charge in [0.2, 0.25) is 0 Å². The maximum Gasteiger partial charge on any atom is 0.431 e. The molecule has 9 nitrogen and oxygen atoms in total. The maximum atomic E-state index is 12.9. The van der Waals surface area contributed by atoms with Crippen LogP contribution in [0.3, 0.4) is 0 Å². The quantitative estimate of drug-likeness (QED) is 0.368. The number of thiazole rings is 1. The number of carbonyl (C=O) groups is 2. The lowest BCUT2D eigenvalue weighted by Crippen LogP contribution is -2.41. The zero-order chi connectivity index (χ0) is 27.4. The Balaban J connectivity index is 1.53. The highest BCUT2D eigenvalue weighted by molar-refractivity contribution is 7.13. The van der Waals surface area contributed by atoms with Crippen molar-refractivity contribution in [1.82, 2.24) is 9.99 Å². The summed E-state index contributed by atoms with van der Waals surface area (Å²) in [5.74, 6) is -0.252. The van der Waals surface area contributed by atoms with E-state index in [1.165, 1.54) is 30.6 Å². The monoisotopic (exact) mass is 544 g/mol. The fourth-order valence-corrected chi connectivity index (χ4v) is 4.73. The second-order valence-electron chi connectivity index (χ2n) is 8.37. The van der Waals surface area contributed by atoms with Crippen molar-refractivity contribution in [2.75, 3.05) is 12.4 Å². The fraction of sp³-hybridized carbons (Fsp3) is 0.308. The summed E-state index contributed by atoms with van der Waals surface area (Å²) in [7, 11) is 1.35. The zero-order valence-electron chi connectivity index (χ0n) is 21.2. The predicted octanol–water partition coefficient (Wildman–Crippen LogP) is 5.76. The minimum Gasteiger partial charge on any atom is -0.493 e. The van der Waals surface area contributed by atoms with Gasteiger partial charge in [-0.25, -0.2) is 9.78 Å². The number of aromatic nitrogens is 1. The topological polar surface area (TPSA) is 102 Å². The number of nitrogens with zero attached hydrogens (tertiary/aromatic N) is 3. The van der Waals surface area contributed by atoms with E-state index >= 15 is 0 Å². The van der Waals surface area contributed by atoms with Crippen molar-refractivity contribution < 1.29 is 32.6 Å².